The fraction of sp³-hybridized carbons (Fsp3) is 0.222. The molecular weight excluding hydrogens is 172 g/mol. The Morgan fingerprint density at radius 1 is 1.42 bits per heavy atom. The third kappa shape index (κ3) is 3.05. The van der Waals surface area contributed by atoms with E-state index in [0.717, 1.165) is 11.1 Å². The van der Waals surface area contributed by atoms with Crippen molar-refractivity contribution in [2.75, 3.05) is 0 Å². The van der Waals surface area contributed by atoms with Crippen molar-refractivity contribution in [2.24, 2.45) is 0 Å². The van der Waals surface area contributed by atoms with Crippen LogP contribution in [0.2, 0.25) is 0 Å². The second-order valence-corrected chi connectivity index (χ2v) is 4.65. The van der Waals surface area contributed by atoms with Crippen LogP contribution in [0.15, 0.2) is 24.3 Å². The van der Waals surface area contributed by atoms with Crippen LogP contribution >= 0.6 is 0 Å². The zero-order chi connectivity index (χ0) is 9.19. The average Bonchev–Trinajstić information content (AvgIpc) is 1.82. The summed E-state index contributed by atoms with van der Waals surface area (Å²) in [6.45, 7) is 1.93. The SMILES string of the molecule is [CH2]S(=O)(=O)Cc1cccc(C)c1. The standard InChI is InChI=1S/C9H11O2S/c1-8-4-3-5-9(6-8)7-12(2,10)11/h3-6H,2,7H2,1H3. The van der Waals surface area contributed by atoms with Gasteiger partial charge in [0.2, 0.25) is 0 Å². The molecule has 0 aliphatic rings. The van der Waals surface area contributed by atoms with Gasteiger partial charge in [-0.1, -0.05) is 29.8 Å². The molecule has 0 atom stereocenters. The van der Waals surface area contributed by atoms with Gasteiger partial charge in [0.25, 0.3) is 0 Å². The minimum atomic E-state index is -3.14. The molecule has 0 unspecified atom stereocenters. The van der Waals surface area contributed by atoms with Crippen molar-refractivity contribution in [1.82, 2.24) is 0 Å². The normalized spacial score (nSPS) is 11.5. The molecule has 1 rings (SSSR count). The molecule has 65 valence electrons. The van der Waals surface area contributed by atoms with Gasteiger partial charge < -0.3 is 0 Å². The van der Waals surface area contributed by atoms with Crippen LogP contribution in [0.4, 0.5) is 0 Å². The first-order valence-corrected chi connectivity index (χ1v) is 5.41. The second kappa shape index (κ2) is 3.27. The Hall–Kier alpha value is -0.830. The molecule has 12 heavy (non-hydrogen) atoms. The van der Waals surface area contributed by atoms with Gasteiger partial charge in [-0.05, 0) is 12.5 Å². The van der Waals surface area contributed by atoms with E-state index in [1.807, 2.05) is 25.1 Å². The Morgan fingerprint density at radius 2 is 2.08 bits per heavy atom. The van der Waals surface area contributed by atoms with Crippen LogP contribution in [0.3, 0.4) is 0 Å². The fourth-order valence-electron chi connectivity index (χ4n) is 1.06. The van der Waals surface area contributed by atoms with E-state index < -0.39 is 9.84 Å². The monoisotopic (exact) mass is 183 g/mol. The molecular formula is C9H11O2S. The van der Waals surface area contributed by atoms with E-state index in [1.165, 1.54) is 0 Å². The first kappa shape index (κ1) is 9.26. The van der Waals surface area contributed by atoms with E-state index in [0.29, 0.717) is 0 Å². The lowest BCUT2D eigenvalue weighted by Gasteiger charge is -1.99. The van der Waals surface area contributed by atoms with Crippen LogP contribution in [0.25, 0.3) is 0 Å². The molecule has 1 aromatic rings. The molecule has 0 spiro atoms. The molecule has 0 saturated carbocycles. The Balaban J connectivity index is 2.91. The van der Waals surface area contributed by atoms with E-state index in [4.69, 9.17) is 0 Å². The summed E-state index contributed by atoms with van der Waals surface area (Å²) < 4.78 is 21.6. The van der Waals surface area contributed by atoms with E-state index in [9.17, 15) is 8.42 Å². The molecule has 0 amide bonds. The number of rotatable bonds is 2. The molecule has 0 saturated heterocycles. The average molecular weight is 183 g/mol. The molecule has 3 heteroatoms. The molecule has 0 heterocycles. The maximum absolute atomic E-state index is 10.8. The Bertz CT molecular complexity index is 366. The predicted molar refractivity (Wildman–Crippen MR) is 49.2 cm³/mol. The quantitative estimate of drug-likeness (QED) is 0.699. The third-order valence-corrected chi connectivity index (χ3v) is 2.24. The molecule has 0 N–H and O–H groups in total. The first-order chi connectivity index (χ1) is 5.47. The minimum Gasteiger partial charge on any atom is -0.228 e. The smallest absolute Gasteiger partial charge is 0.155 e. The molecule has 1 radical (unpaired) electrons. The van der Waals surface area contributed by atoms with Crippen LogP contribution in [-0.4, -0.2) is 8.42 Å². The Kier molecular flexibility index (Phi) is 2.52. The topological polar surface area (TPSA) is 34.1 Å². The number of hydrogen-bond acceptors (Lipinski definition) is 2. The lowest BCUT2D eigenvalue weighted by molar-refractivity contribution is 0.603. The van der Waals surface area contributed by atoms with Crippen molar-refractivity contribution < 1.29 is 8.42 Å². The highest BCUT2D eigenvalue weighted by Gasteiger charge is 2.03. The van der Waals surface area contributed by atoms with Crippen molar-refractivity contribution in [1.29, 1.82) is 0 Å². The number of hydrogen-bond donors (Lipinski definition) is 0. The van der Waals surface area contributed by atoms with Gasteiger partial charge >= 0.3 is 0 Å². The van der Waals surface area contributed by atoms with Gasteiger partial charge in [-0.25, -0.2) is 8.42 Å². The number of sulfone groups is 1. The molecule has 0 aliphatic heterocycles. The molecule has 0 bridgehead atoms. The van der Waals surface area contributed by atoms with Gasteiger partial charge in [0, 0.05) is 0 Å². The highest BCUT2D eigenvalue weighted by Crippen LogP contribution is 2.07. The van der Waals surface area contributed by atoms with Crippen molar-refractivity contribution in [3.8, 4) is 0 Å². The number of aryl methyl sites for hydroxylation is 1. The Labute approximate surface area is 73.2 Å². The van der Waals surface area contributed by atoms with Gasteiger partial charge in [0.1, 0.15) is 0 Å². The van der Waals surface area contributed by atoms with Crippen molar-refractivity contribution >= 4 is 9.84 Å². The maximum atomic E-state index is 10.8. The van der Waals surface area contributed by atoms with Crippen LogP contribution in [0.1, 0.15) is 11.1 Å². The van der Waals surface area contributed by atoms with Crippen LogP contribution in [0.5, 0.6) is 0 Å². The zero-order valence-electron chi connectivity index (χ0n) is 6.95. The number of benzene rings is 1. The van der Waals surface area contributed by atoms with Gasteiger partial charge in [0.05, 0.1) is 12.0 Å². The molecule has 2 nitrogen and oxygen atoms in total. The summed E-state index contributed by atoms with van der Waals surface area (Å²) in [5.74, 6) is 0.0225. The van der Waals surface area contributed by atoms with Gasteiger partial charge in [-0.2, -0.15) is 0 Å². The van der Waals surface area contributed by atoms with E-state index >= 15 is 0 Å². The summed E-state index contributed by atoms with van der Waals surface area (Å²) >= 11 is 0. The van der Waals surface area contributed by atoms with Crippen LogP contribution in [0, 0.1) is 13.2 Å². The van der Waals surface area contributed by atoms with Crippen molar-refractivity contribution in [3.63, 3.8) is 0 Å². The van der Waals surface area contributed by atoms with Gasteiger partial charge in [0.15, 0.2) is 9.84 Å². The first-order valence-electron chi connectivity index (χ1n) is 3.59. The van der Waals surface area contributed by atoms with E-state index in [-0.39, 0.29) is 5.75 Å². The molecule has 1 aromatic carbocycles. The zero-order valence-corrected chi connectivity index (χ0v) is 7.76. The van der Waals surface area contributed by atoms with E-state index in [2.05, 4.69) is 6.26 Å². The maximum Gasteiger partial charge on any atom is 0.155 e. The second-order valence-electron chi connectivity index (χ2n) is 2.88. The largest absolute Gasteiger partial charge is 0.228 e. The lowest BCUT2D eigenvalue weighted by Crippen LogP contribution is -1.97. The Morgan fingerprint density at radius 3 is 2.58 bits per heavy atom. The summed E-state index contributed by atoms with van der Waals surface area (Å²) in [6, 6.07) is 7.41. The molecule has 0 aromatic heterocycles. The lowest BCUT2D eigenvalue weighted by atomic mass is 10.2. The van der Waals surface area contributed by atoms with Crippen molar-refractivity contribution in [3.05, 3.63) is 41.6 Å². The van der Waals surface area contributed by atoms with Crippen molar-refractivity contribution in [2.45, 2.75) is 12.7 Å². The predicted octanol–water partition coefficient (Wildman–Crippen LogP) is 1.70. The third-order valence-electron chi connectivity index (χ3n) is 1.47. The minimum absolute atomic E-state index is 0.0225. The highest BCUT2D eigenvalue weighted by molar-refractivity contribution is 7.91. The summed E-state index contributed by atoms with van der Waals surface area (Å²) in [6.07, 6.45) is 3.07. The summed E-state index contributed by atoms with van der Waals surface area (Å²) in [5, 5.41) is 0. The van der Waals surface area contributed by atoms with Gasteiger partial charge in [-0.3, -0.25) is 0 Å². The van der Waals surface area contributed by atoms with Crippen LogP contribution < -0.4 is 0 Å². The fourth-order valence-corrected chi connectivity index (χ4v) is 1.74. The summed E-state index contributed by atoms with van der Waals surface area (Å²) in [4.78, 5) is 0. The van der Waals surface area contributed by atoms with E-state index in [1.54, 1.807) is 6.07 Å². The summed E-state index contributed by atoms with van der Waals surface area (Å²) in [7, 11) is -3.14. The highest BCUT2D eigenvalue weighted by atomic mass is 32.2. The van der Waals surface area contributed by atoms with Gasteiger partial charge in [-0.15, -0.1) is 0 Å². The molecule has 0 aliphatic carbocycles. The van der Waals surface area contributed by atoms with Crippen LogP contribution in [-0.2, 0) is 15.6 Å². The molecule has 0 fully saturated rings. The summed E-state index contributed by atoms with van der Waals surface area (Å²) in [5.41, 5.74) is 1.86.